The summed E-state index contributed by atoms with van der Waals surface area (Å²) < 4.78 is 30.1. The normalized spacial score (nSPS) is 11.2. The van der Waals surface area contributed by atoms with Gasteiger partial charge in [-0.1, -0.05) is 22.9 Å². The van der Waals surface area contributed by atoms with Gasteiger partial charge in [-0.25, -0.2) is 17.9 Å². The van der Waals surface area contributed by atoms with E-state index in [0.29, 0.717) is 10.9 Å². The van der Waals surface area contributed by atoms with Crippen LogP contribution in [0.5, 0.6) is 0 Å². The highest BCUT2D eigenvalue weighted by atomic mass is 32.2. The van der Waals surface area contributed by atoms with Crippen LogP contribution in [0.25, 0.3) is 10.9 Å². The first-order chi connectivity index (χ1) is 10.3. The number of nitrogens with zero attached hydrogens (tertiary/aromatic N) is 2. The van der Waals surface area contributed by atoms with E-state index in [2.05, 4.69) is 9.84 Å². The topological polar surface area (TPSA) is 106 Å². The monoisotopic (exact) mass is 324 g/mol. The molecule has 1 amide bonds. The van der Waals surface area contributed by atoms with Gasteiger partial charge in [-0.15, -0.1) is 0 Å². The third kappa shape index (κ3) is 3.76. The van der Waals surface area contributed by atoms with Crippen LogP contribution in [0.1, 0.15) is 10.4 Å². The van der Waals surface area contributed by atoms with Gasteiger partial charge in [0.2, 0.25) is 16.2 Å². The van der Waals surface area contributed by atoms with Crippen LogP contribution in [0.15, 0.2) is 30.5 Å². The van der Waals surface area contributed by atoms with Gasteiger partial charge in [-0.3, -0.25) is 4.79 Å². The standard InChI is InChI=1S/C13H13N3O5S/c1-21-12(17)8-16-7-10(13(18)15-22(2,19)20)9-5-3-4-6-11(9)14-16/h3-7H,8H2,1-2H3/p+1. The second-order valence-electron chi connectivity index (χ2n) is 4.54. The molecule has 0 aliphatic heterocycles. The number of carbonyl (C=O) groups excluding carboxylic acids is 2. The lowest BCUT2D eigenvalue weighted by atomic mass is 10.1. The van der Waals surface area contributed by atoms with Crippen molar-refractivity contribution in [2.45, 2.75) is 6.54 Å². The second-order valence-corrected chi connectivity index (χ2v) is 6.29. The molecule has 0 aliphatic carbocycles. The molecule has 116 valence electrons. The number of fused-ring (bicyclic) bond motifs is 1. The molecule has 1 aromatic carbocycles. The quantitative estimate of drug-likeness (QED) is 0.594. The van der Waals surface area contributed by atoms with Crippen molar-refractivity contribution < 1.29 is 27.4 Å². The van der Waals surface area contributed by atoms with Crippen molar-refractivity contribution in [2.75, 3.05) is 13.4 Å². The average molecular weight is 324 g/mol. The Kier molecular flexibility index (Phi) is 4.36. The molecule has 1 aromatic heterocycles. The molecule has 0 fully saturated rings. The van der Waals surface area contributed by atoms with E-state index in [-0.39, 0.29) is 12.1 Å². The van der Waals surface area contributed by atoms with Crippen molar-refractivity contribution in [2.24, 2.45) is 0 Å². The van der Waals surface area contributed by atoms with E-state index in [1.54, 1.807) is 24.3 Å². The molecular formula is C13H14N3O5S+. The first kappa shape index (κ1) is 15.8. The average Bonchev–Trinajstić information content (AvgIpc) is 2.44. The van der Waals surface area contributed by atoms with Gasteiger partial charge >= 0.3 is 5.97 Å². The highest BCUT2D eigenvalue weighted by molar-refractivity contribution is 7.89. The number of amides is 1. The van der Waals surface area contributed by atoms with Crippen molar-refractivity contribution >= 4 is 32.8 Å². The van der Waals surface area contributed by atoms with E-state index in [9.17, 15) is 18.0 Å². The highest BCUT2D eigenvalue weighted by Gasteiger charge is 2.21. The number of hydrogen-bond donors (Lipinski definition) is 1. The lowest BCUT2D eigenvalue weighted by Gasteiger charge is -2.05. The number of rotatable bonds is 4. The van der Waals surface area contributed by atoms with E-state index in [1.807, 2.05) is 4.72 Å². The summed E-state index contributed by atoms with van der Waals surface area (Å²) in [6.07, 6.45) is 2.19. The minimum absolute atomic E-state index is 0.0972. The van der Waals surface area contributed by atoms with Gasteiger partial charge in [0.15, 0.2) is 0 Å². The molecule has 9 heteroatoms. The fourth-order valence-electron chi connectivity index (χ4n) is 1.86. The van der Waals surface area contributed by atoms with Crippen LogP contribution >= 0.6 is 0 Å². The third-order valence-corrected chi connectivity index (χ3v) is 3.31. The van der Waals surface area contributed by atoms with Gasteiger partial charge in [0.1, 0.15) is 11.1 Å². The summed E-state index contributed by atoms with van der Waals surface area (Å²) >= 11 is 0. The molecule has 0 saturated heterocycles. The predicted molar refractivity (Wildman–Crippen MR) is 76.3 cm³/mol. The minimum Gasteiger partial charge on any atom is -0.464 e. The minimum atomic E-state index is -3.70. The summed E-state index contributed by atoms with van der Waals surface area (Å²) in [6, 6.07) is 6.71. The molecule has 0 unspecified atom stereocenters. The van der Waals surface area contributed by atoms with E-state index >= 15 is 0 Å². The molecule has 0 bridgehead atoms. The lowest BCUT2D eigenvalue weighted by Crippen LogP contribution is -2.43. The molecule has 2 rings (SSSR count). The van der Waals surface area contributed by atoms with Crippen LogP contribution in [0.2, 0.25) is 0 Å². The molecule has 22 heavy (non-hydrogen) atoms. The number of carbonyl (C=O) groups is 2. The number of hydrogen-bond acceptors (Lipinski definition) is 6. The number of benzene rings is 1. The maximum Gasteiger partial charge on any atom is 0.374 e. The largest absolute Gasteiger partial charge is 0.464 e. The molecule has 0 aliphatic rings. The van der Waals surface area contributed by atoms with E-state index in [1.165, 1.54) is 18.0 Å². The first-order valence-corrected chi connectivity index (χ1v) is 8.08. The Morgan fingerprint density at radius 3 is 2.64 bits per heavy atom. The maximum atomic E-state index is 12.1. The van der Waals surface area contributed by atoms with E-state index < -0.39 is 21.9 Å². The Balaban J connectivity index is 2.55. The van der Waals surface area contributed by atoms with E-state index in [4.69, 9.17) is 0 Å². The fraction of sp³-hybridized carbons (Fsp3) is 0.231. The molecule has 1 heterocycles. The summed E-state index contributed by atoms with van der Waals surface area (Å²) in [5.41, 5.74) is 0.549. The number of ether oxygens (including phenoxy) is 1. The lowest BCUT2D eigenvalue weighted by molar-refractivity contribution is -0.741. The van der Waals surface area contributed by atoms with Gasteiger partial charge in [0.25, 0.3) is 12.5 Å². The number of aromatic nitrogens is 2. The Hall–Kier alpha value is -2.55. The fourth-order valence-corrected chi connectivity index (χ4v) is 2.30. The number of esters is 1. The van der Waals surface area contributed by atoms with Crippen molar-refractivity contribution in [3.63, 3.8) is 0 Å². The molecule has 0 radical (unpaired) electrons. The Labute approximate surface area is 126 Å². The van der Waals surface area contributed by atoms with Gasteiger partial charge in [-0.2, -0.15) is 0 Å². The SMILES string of the molecule is COC(=O)C[n+]1cc(C(=O)NS(C)(=O)=O)c2ccccc2n1. The Bertz CT molecular complexity index is 848. The zero-order valence-electron chi connectivity index (χ0n) is 11.9. The Morgan fingerprint density at radius 2 is 2.00 bits per heavy atom. The summed E-state index contributed by atoms with van der Waals surface area (Å²) in [5.74, 6) is -1.33. The van der Waals surface area contributed by atoms with Gasteiger partial charge in [-0.05, 0) is 6.07 Å². The number of sulfonamides is 1. The van der Waals surface area contributed by atoms with Crippen LogP contribution in [0.3, 0.4) is 0 Å². The summed E-state index contributed by atoms with van der Waals surface area (Å²) in [6.45, 7) is -0.194. The molecule has 0 atom stereocenters. The third-order valence-electron chi connectivity index (χ3n) is 2.75. The number of nitrogens with one attached hydrogen (secondary N) is 1. The molecule has 0 saturated carbocycles. The van der Waals surface area contributed by atoms with Crippen molar-refractivity contribution in [3.05, 3.63) is 36.0 Å². The molecule has 0 spiro atoms. The van der Waals surface area contributed by atoms with Crippen molar-refractivity contribution in [1.29, 1.82) is 0 Å². The second kappa shape index (κ2) is 6.06. The van der Waals surface area contributed by atoms with Gasteiger partial charge in [0, 0.05) is 10.5 Å². The van der Waals surface area contributed by atoms with Crippen LogP contribution in [0.4, 0.5) is 0 Å². The first-order valence-electron chi connectivity index (χ1n) is 6.18. The van der Waals surface area contributed by atoms with Gasteiger partial charge < -0.3 is 4.74 Å². The van der Waals surface area contributed by atoms with Crippen molar-refractivity contribution in [3.8, 4) is 0 Å². The van der Waals surface area contributed by atoms with E-state index in [0.717, 1.165) is 6.26 Å². The molecule has 2 aromatic rings. The summed E-state index contributed by atoms with van der Waals surface area (Å²) in [7, 11) is -2.46. The highest BCUT2D eigenvalue weighted by Crippen LogP contribution is 2.14. The van der Waals surface area contributed by atoms with Crippen molar-refractivity contribution in [1.82, 2.24) is 9.82 Å². The molecule has 8 nitrogen and oxygen atoms in total. The number of methoxy groups -OCH3 is 1. The van der Waals surface area contributed by atoms with Crippen LogP contribution in [0, 0.1) is 0 Å². The zero-order chi connectivity index (χ0) is 16.3. The zero-order valence-corrected chi connectivity index (χ0v) is 12.8. The maximum absolute atomic E-state index is 12.1. The van der Waals surface area contributed by atoms with Gasteiger partial charge in [0.05, 0.1) is 13.4 Å². The predicted octanol–water partition coefficient (Wildman–Crippen LogP) is -0.615. The Morgan fingerprint density at radius 1 is 1.32 bits per heavy atom. The van der Waals surface area contributed by atoms with Crippen LogP contribution in [-0.4, -0.2) is 38.8 Å². The smallest absolute Gasteiger partial charge is 0.374 e. The summed E-state index contributed by atoms with van der Waals surface area (Å²) in [5, 5.41) is 4.67. The molecule has 1 N–H and O–H groups in total. The summed E-state index contributed by atoms with van der Waals surface area (Å²) in [4.78, 5) is 23.5. The molecular weight excluding hydrogens is 310 g/mol. The van der Waals surface area contributed by atoms with Crippen LogP contribution < -0.4 is 9.40 Å². The van der Waals surface area contributed by atoms with Crippen LogP contribution in [-0.2, 0) is 26.1 Å².